The van der Waals surface area contributed by atoms with Crippen molar-refractivity contribution in [1.29, 1.82) is 0 Å². The molecule has 0 rings (SSSR count). The summed E-state index contributed by atoms with van der Waals surface area (Å²) in [6, 6.07) is 0. The normalized spacial score (nSPS) is 18.0. The molecule has 6 heteroatoms. The van der Waals surface area contributed by atoms with Gasteiger partial charge in [-0.15, -0.1) is 0 Å². The van der Waals surface area contributed by atoms with Gasteiger partial charge in [0.2, 0.25) is 5.91 Å². The molecule has 0 aromatic heterocycles. The molecule has 0 heterocycles. The Balaban J connectivity index is 4.92. The van der Waals surface area contributed by atoms with Crippen LogP contribution in [-0.2, 0) is 9.59 Å². The number of hydrogen-bond acceptors (Lipinski definition) is 5. The second-order valence-electron chi connectivity index (χ2n) is 4.64. The molecule has 17 heavy (non-hydrogen) atoms. The smallest absolute Gasteiger partial charge is 0.226 e. The predicted molar refractivity (Wildman–Crippen MR) is 77.0 cm³/mol. The van der Waals surface area contributed by atoms with Crippen molar-refractivity contribution < 1.29 is 9.59 Å². The van der Waals surface area contributed by atoms with Crippen molar-refractivity contribution >= 4 is 36.9 Å². The van der Waals surface area contributed by atoms with Gasteiger partial charge >= 0.3 is 0 Å². The molecule has 0 saturated heterocycles. The van der Waals surface area contributed by atoms with Crippen LogP contribution in [-0.4, -0.2) is 42.8 Å². The van der Waals surface area contributed by atoms with Crippen molar-refractivity contribution in [2.45, 2.75) is 25.8 Å². The van der Waals surface area contributed by atoms with E-state index in [-0.39, 0.29) is 18.1 Å². The van der Waals surface area contributed by atoms with Crippen LogP contribution in [0.1, 0.15) is 20.3 Å². The quantitative estimate of drug-likeness (QED) is 0.514. The standard InChI is InChI=1S/C11H22N2O2S2/c1-10(6-16,9(15)12-3)5-8(14)11(2,7-17)13-4/h13,16-17H,5-7H2,1-4H3,(H,12,15)/t10-,11-/m0/s1. The van der Waals surface area contributed by atoms with Crippen LogP contribution in [0, 0.1) is 5.41 Å². The minimum atomic E-state index is -0.782. The zero-order valence-electron chi connectivity index (χ0n) is 10.8. The molecule has 0 aromatic carbocycles. The number of hydrogen-bond donors (Lipinski definition) is 4. The second kappa shape index (κ2) is 6.66. The highest BCUT2D eigenvalue weighted by Crippen LogP contribution is 2.26. The topological polar surface area (TPSA) is 58.2 Å². The first-order chi connectivity index (χ1) is 7.79. The Morgan fingerprint density at radius 2 is 1.65 bits per heavy atom. The molecule has 0 bridgehead atoms. The summed E-state index contributed by atoms with van der Waals surface area (Å²) in [7, 11) is 3.27. The highest BCUT2D eigenvalue weighted by atomic mass is 32.1. The Morgan fingerprint density at radius 1 is 1.12 bits per heavy atom. The Hall–Kier alpha value is -0.200. The minimum absolute atomic E-state index is 0.0323. The number of thiol groups is 2. The van der Waals surface area contributed by atoms with Crippen LogP contribution in [0.3, 0.4) is 0 Å². The Bertz CT molecular complexity index is 293. The molecule has 0 aliphatic rings. The molecule has 2 atom stereocenters. The predicted octanol–water partition coefficient (Wildman–Crippen LogP) is 0.536. The molecule has 1 amide bonds. The van der Waals surface area contributed by atoms with Crippen molar-refractivity contribution in [3.05, 3.63) is 0 Å². The van der Waals surface area contributed by atoms with Crippen LogP contribution < -0.4 is 10.6 Å². The molecule has 0 spiro atoms. The van der Waals surface area contributed by atoms with E-state index in [1.165, 1.54) is 0 Å². The fraction of sp³-hybridized carbons (Fsp3) is 0.818. The summed E-state index contributed by atoms with van der Waals surface area (Å²) in [5.41, 5.74) is -1.49. The summed E-state index contributed by atoms with van der Waals surface area (Å²) in [5, 5.41) is 5.52. The number of nitrogens with one attached hydrogen (secondary N) is 2. The van der Waals surface area contributed by atoms with Gasteiger partial charge < -0.3 is 10.6 Å². The number of amides is 1. The maximum absolute atomic E-state index is 12.2. The van der Waals surface area contributed by atoms with Crippen LogP contribution in [0.15, 0.2) is 0 Å². The van der Waals surface area contributed by atoms with E-state index in [0.29, 0.717) is 11.5 Å². The van der Waals surface area contributed by atoms with E-state index in [9.17, 15) is 9.59 Å². The number of carbonyl (C=O) groups is 2. The molecule has 0 aromatic rings. The van der Waals surface area contributed by atoms with Gasteiger partial charge in [-0.2, -0.15) is 25.3 Å². The van der Waals surface area contributed by atoms with E-state index in [2.05, 4.69) is 35.9 Å². The molecule has 0 saturated carbocycles. The van der Waals surface area contributed by atoms with Crippen LogP contribution in [0.5, 0.6) is 0 Å². The lowest BCUT2D eigenvalue weighted by Crippen LogP contribution is -2.52. The average Bonchev–Trinajstić information content (AvgIpc) is 2.36. The molecule has 0 radical (unpaired) electrons. The summed E-state index contributed by atoms with van der Waals surface area (Å²) >= 11 is 8.34. The Morgan fingerprint density at radius 3 is 1.94 bits per heavy atom. The van der Waals surface area contributed by atoms with Crippen molar-refractivity contribution in [1.82, 2.24) is 10.6 Å². The van der Waals surface area contributed by atoms with Crippen molar-refractivity contribution in [3.63, 3.8) is 0 Å². The van der Waals surface area contributed by atoms with Gasteiger partial charge in [-0.1, -0.05) is 0 Å². The maximum Gasteiger partial charge on any atom is 0.226 e. The molecule has 0 fully saturated rings. The van der Waals surface area contributed by atoms with Gasteiger partial charge in [0.1, 0.15) is 0 Å². The monoisotopic (exact) mass is 278 g/mol. The number of likely N-dealkylation sites (N-methyl/N-ethyl adjacent to an activating group) is 1. The SMILES string of the molecule is CNC(=O)[C@](C)(CS)CC(=O)[C@](C)(CS)NC. The third-order valence-electron chi connectivity index (χ3n) is 3.16. The second-order valence-corrected chi connectivity index (χ2v) is 5.27. The first-order valence-electron chi connectivity index (χ1n) is 5.45. The molecular weight excluding hydrogens is 256 g/mol. The summed E-state index contributed by atoms with van der Waals surface area (Å²) in [4.78, 5) is 23.9. The van der Waals surface area contributed by atoms with E-state index >= 15 is 0 Å². The summed E-state index contributed by atoms with van der Waals surface area (Å²) in [6.07, 6.45) is 0.147. The van der Waals surface area contributed by atoms with Crippen LogP contribution in [0.25, 0.3) is 0 Å². The molecule has 0 aliphatic heterocycles. The Labute approximate surface area is 114 Å². The maximum atomic E-state index is 12.2. The third kappa shape index (κ3) is 3.89. The molecule has 4 nitrogen and oxygen atoms in total. The first kappa shape index (κ1) is 16.8. The summed E-state index contributed by atoms with van der Waals surface area (Å²) < 4.78 is 0. The molecule has 100 valence electrons. The highest BCUT2D eigenvalue weighted by molar-refractivity contribution is 7.80. The lowest BCUT2D eigenvalue weighted by molar-refractivity contribution is -0.135. The van der Waals surface area contributed by atoms with E-state index in [0.717, 1.165) is 0 Å². The Kier molecular flexibility index (Phi) is 6.58. The molecule has 0 aliphatic carbocycles. The average molecular weight is 278 g/mol. The molecule has 0 unspecified atom stereocenters. The molecule has 2 N–H and O–H groups in total. The van der Waals surface area contributed by atoms with E-state index < -0.39 is 11.0 Å². The van der Waals surface area contributed by atoms with E-state index in [1.54, 1.807) is 27.9 Å². The van der Waals surface area contributed by atoms with Gasteiger partial charge in [0.05, 0.1) is 11.0 Å². The minimum Gasteiger partial charge on any atom is -0.359 e. The highest BCUT2D eigenvalue weighted by Gasteiger charge is 2.39. The van der Waals surface area contributed by atoms with Gasteiger partial charge in [0.25, 0.3) is 0 Å². The lowest BCUT2D eigenvalue weighted by atomic mass is 9.81. The van der Waals surface area contributed by atoms with Gasteiger partial charge in [0.15, 0.2) is 5.78 Å². The number of rotatable bonds is 7. The van der Waals surface area contributed by atoms with Crippen molar-refractivity contribution in [3.8, 4) is 0 Å². The zero-order valence-corrected chi connectivity index (χ0v) is 12.6. The lowest BCUT2D eigenvalue weighted by Gasteiger charge is -2.31. The number of Topliss-reactive ketones (excluding diaryl/α,β-unsaturated/α-hetero) is 1. The number of ketones is 1. The van der Waals surface area contributed by atoms with Crippen molar-refractivity contribution in [2.24, 2.45) is 5.41 Å². The van der Waals surface area contributed by atoms with E-state index in [4.69, 9.17) is 0 Å². The van der Waals surface area contributed by atoms with Crippen molar-refractivity contribution in [2.75, 3.05) is 25.6 Å². The van der Waals surface area contributed by atoms with Gasteiger partial charge in [-0.25, -0.2) is 0 Å². The van der Waals surface area contributed by atoms with Gasteiger partial charge in [-0.05, 0) is 20.9 Å². The molecular formula is C11H22N2O2S2. The van der Waals surface area contributed by atoms with E-state index in [1.807, 2.05) is 0 Å². The van der Waals surface area contributed by atoms with Crippen LogP contribution in [0.2, 0.25) is 0 Å². The van der Waals surface area contributed by atoms with Crippen LogP contribution in [0.4, 0.5) is 0 Å². The fourth-order valence-corrected chi connectivity index (χ4v) is 1.96. The summed E-state index contributed by atoms with van der Waals surface area (Å²) in [6.45, 7) is 3.52. The van der Waals surface area contributed by atoms with Gasteiger partial charge in [-0.3, -0.25) is 9.59 Å². The number of carbonyl (C=O) groups excluding carboxylic acids is 2. The van der Waals surface area contributed by atoms with Crippen LogP contribution >= 0.6 is 25.3 Å². The zero-order chi connectivity index (χ0) is 13.7. The van der Waals surface area contributed by atoms with Gasteiger partial charge in [0, 0.05) is 25.0 Å². The largest absolute Gasteiger partial charge is 0.359 e. The third-order valence-corrected chi connectivity index (χ3v) is 4.49. The summed E-state index contributed by atoms with van der Waals surface area (Å²) in [5.74, 6) is 0.511. The first-order valence-corrected chi connectivity index (χ1v) is 6.72. The fourth-order valence-electron chi connectivity index (χ4n) is 1.37.